The van der Waals surface area contributed by atoms with Gasteiger partial charge in [-0.05, 0) is 52.3 Å². The lowest BCUT2D eigenvalue weighted by Crippen LogP contribution is -2.29. The van der Waals surface area contributed by atoms with E-state index in [0.29, 0.717) is 24.8 Å². The van der Waals surface area contributed by atoms with Crippen LogP contribution >= 0.6 is 0 Å². The summed E-state index contributed by atoms with van der Waals surface area (Å²) < 4.78 is 15.3. The molecule has 0 saturated heterocycles. The number of rotatable bonds is 11. The molecular formula is C30H38N6O3. The number of ether oxygens (including phenoxy) is 2. The molecule has 1 aliphatic carbocycles. The van der Waals surface area contributed by atoms with Crippen molar-refractivity contribution >= 4 is 0 Å². The Morgan fingerprint density at radius 3 is 2.33 bits per heavy atom. The molecule has 1 N–H and O–H groups in total. The summed E-state index contributed by atoms with van der Waals surface area (Å²) in [4.78, 5) is 14.0. The van der Waals surface area contributed by atoms with Crippen molar-refractivity contribution in [1.82, 2.24) is 29.8 Å². The van der Waals surface area contributed by atoms with Gasteiger partial charge in [0.25, 0.3) is 0 Å². The van der Waals surface area contributed by atoms with E-state index in [0.717, 1.165) is 59.3 Å². The number of hydrogen-bond acceptors (Lipinski definition) is 6. The SMILES string of the molecule is CCCc1c(C(OC)OC)n(CC2CCCCC2)c(=O)n1Cc1ccc(-c2ccccc2-c2nnn[nH]2)cc1. The summed E-state index contributed by atoms with van der Waals surface area (Å²) in [6.45, 7) is 3.35. The Morgan fingerprint density at radius 1 is 0.974 bits per heavy atom. The summed E-state index contributed by atoms with van der Waals surface area (Å²) in [5.74, 6) is 1.14. The number of benzene rings is 2. The Balaban J connectivity index is 1.49. The van der Waals surface area contributed by atoms with Crippen LogP contribution in [0.1, 0.15) is 68.7 Å². The number of imidazole rings is 1. The molecule has 0 aliphatic heterocycles. The van der Waals surface area contributed by atoms with Crippen LogP contribution in [-0.2, 0) is 29.0 Å². The van der Waals surface area contributed by atoms with Gasteiger partial charge in [-0.25, -0.2) is 9.89 Å². The fourth-order valence-corrected chi connectivity index (χ4v) is 5.90. The maximum atomic E-state index is 14.0. The van der Waals surface area contributed by atoms with Gasteiger partial charge in [0.1, 0.15) is 0 Å². The highest BCUT2D eigenvalue weighted by molar-refractivity contribution is 5.80. The van der Waals surface area contributed by atoms with E-state index in [9.17, 15) is 4.79 Å². The molecule has 2 aromatic heterocycles. The fourth-order valence-electron chi connectivity index (χ4n) is 5.90. The third-order valence-electron chi connectivity index (χ3n) is 7.81. The van der Waals surface area contributed by atoms with E-state index >= 15 is 0 Å². The minimum Gasteiger partial charge on any atom is -0.350 e. The highest BCUT2D eigenvalue weighted by atomic mass is 16.7. The van der Waals surface area contributed by atoms with Crippen molar-refractivity contribution in [3.8, 4) is 22.5 Å². The topological polar surface area (TPSA) is 99.8 Å². The second kappa shape index (κ2) is 12.5. The van der Waals surface area contributed by atoms with Crippen LogP contribution in [0.3, 0.4) is 0 Å². The van der Waals surface area contributed by atoms with Crippen molar-refractivity contribution in [2.75, 3.05) is 14.2 Å². The van der Waals surface area contributed by atoms with Crippen molar-refractivity contribution in [2.45, 2.75) is 71.2 Å². The van der Waals surface area contributed by atoms with E-state index < -0.39 is 6.29 Å². The third-order valence-corrected chi connectivity index (χ3v) is 7.81. The fraction of sp³-hybridized carbons (Fsp3) is 0.467. The summed E-state index contributed by atoms with van der Waals surface area (Å²) >= 11 is 0. The van der Waals surface area contributed by atoms with Gasteiger partial charge in [0.15, 0.2) is 12.1 Å². The second-order valence-electron chi connectivity index (χ2n) is 10.4. The molecule has 1 aliphatic rings. The number of tetrazole rings is 1. The third kappa shape index (κ3) is 5.74. The van der Waals surface area contributed by atoms with E-state index in [2.05, 4.69) is 57.9 Å². The number of hydrogen-bond donors (Lipinski definition) is 1. The first-order valence-electron chi connectivity index (χ1n) is 13.9. The number of methoxy groups -OCH3 is 2. The van der Waals surface area contributed by atoms with Crippen LogP contribution in [0, 0.1) is 5.92 Å². The van der Waals surface area contributed by atoms with Gasteiger partial charge < -0.3 is 9.47 Å². The minimum absolute atomic E-state index is 0.0189. The van der Waals surface area contributed by atoms with E-state index in [1.54, 1.807) is 14.2 Å². The summed E-state index contributed by atoms with van der Waals surface area (Å²) in [6, 6.07) is 16.4. The molecule has 206 valence electrons. The van der Waals surface area contributed by atoms with E-state index in [1.165, 1.54) is 19.3 Å². The Morgan fingerprint density at radius 2 is 1.69 bits per heavy atom. The average molecular weight is 531 g/mol. The largest absolute Gasteiger partial charge is 0.350 e. The van der Waals surface area contributed by atoms with Crippen molar-refractivity contribution in [3.05, 3.63) is 76.0 Å². The number of aromatic nitrogens is 6. The van der Waals surface area contributed by atoms with Crippen LogP contribution in [0.2, 0.25) is 0 Å². The first kappa shape index (κ1) is 27.0. The highest BCUT2D eigenvalue weighted by Crippen LogP contribution is 2.31. The number of nitrogens with zero attached hydrogens (tertiary/aromatic N) is 5. The molecular weight excluding hydrogens is 492 g/mol. The van der Waals surface area contributed by atoms with E-state index in [1.807, 2.05) is 27.3 Å². The van der Waals surface area contributed by atoms with Gasteiger partial charge >= 0.3 is 5.69 Å². The average Bonchev–Trinajstić information content (AvgIpc) is 3.60. The summed E-state index contributed by atoms with van der Waals surface area (Å²) in [5.41, 5.74) is 5.97. The van der Waals surface area contributed by atoms with Crippen molar-refractivity contribution in [3.63, 3.8) is 0 Å². The minimum atomic E-state index is -0.575. The Bertz CT molecular complexity index is 1400. The normalized spacial score (nSPS) is 14.4. The van der Waals surface area contributed by atoms with Gasteiger partial charge in [0.05, 0.1) is 12.2 Å². The first-order chi connectivity index (χ1) is 19.1. The Kier molecular flexibility index (Phi) is 8.68. The summed E-state index contributed by atoms with van der Waals surface area (Å²) in [6.07, 6.45) is 7.21. The van der Waals surface area contributed by atoms with Crippen molar-refractivity contribution in [1.29, 1.82) is 0 Å². The maximum absolute atomic E-state index is 14.0. The molecule has 0 amide bonds. The zero-order valence-corrected chi connectivity index (χ0v) is 23.1. The molecule has 9 heteroatoms. The summed E-state index contributed by atoms with van der Waals surface area (Å²) in [7, 11) is 3.28. The van der Waals surface area contributed by atoms with Crippen LogP contribution in [0.4, 0.5) is 0 Å². The van der Waals surface area contributed by atoms with Gasteiger partial charge in [-0.1, -0.05) is 81.1 Å². The first-order valence-corrected chi connectivity index (χ1v) is 13.9. The van der Waals surface area contributed by atoms with Gasteiger partial charge in [-0.2, -0.15) is 0 Å². The molecule has 0 radical (unpaired) electrons. The van der Waals surface area contributed by atoms with Gasteiger partial charge in [-0.3, -0.25) is 9.13 Å². The molecule has 0 spiro atoms. The molecule has 39 heavy (non-hydrogen) atoms. The summed E-state index contributed by atoms with van der Waals surface area (Å²) in [5, 5.41) is 14.4. The monoisotopic (exact) mass is 530 g/mol. The van der Waals surface area contributed by atoms with Gasteiger partial charge in [0, 0.05) is 32.0 Å². The predicted molar refractivity (Wildman–Crippen MR) is 150 cm³/mol. The zero-order valence-electron chi connectivity index (χ0n) is 23.1. The molecule has 4 aromatic rings. The molecule has 9 nitrogen and oxygen atoms in total. The van der Waals surface area contributed by atoms with Crippen LogP contribution in [0.15, 0.2) is 53.3 Å². The maximum Gasteiger partial charge on any atom is 0.329 e. The van der Waals surface area contributed by atoms with Crippen molar-refractivity contribution in [2.24, 2.45) is 5.92 Å². The Hall–Kier alpha value is -3.56. The zero-order chi connectivity index (χ0) is 27.2. The van der Waals surface area contributed by atoms with Crippen LogP contribution < -0.4 is 5.69 Å². The predicted octanol–water partition coefficient (Wildman–Crippen LogP) is 5.37. The van der Waals surface area contributed by atoms with Crippen LogP contribution in [-0.4, -0.2) is 44.0 Å². The second-order valence-corrected chi connectivity index (χ2v) is 10.4. The molecule has 5 rings (SSSR count). The lowest BCUT2D eigenvalue weighted by molar-refractivity contribution is -0.111. The van der Waals surface area contributed by atoms with Crippen LogP contribution in [0.25, 0.3) is 22.5 Å². The molecule has 0 unspecified atom stereocenters. The smallest absolute Gasteiger partial charge is 0.329 e. The molecule has 2 heterocycles. The van der Waals surface area contributed by atoms with Crippen molar-refractivity contribution < 1.29 is 9.47 Å². The molecule has 1 fully saturated rings. The van der Waals surface area contributed by atoms with E-state index in [-0.39, 0.29) is 5.69 Å². The standard InChI is InChI=1S/C30H38N6O3/c1-4-10-26-27(29(38-2)39-3)36(20-21-11-6-5-7-12-21)30(37)35(26)19-22-15-17-23(18-16-22)24-13-8-9-14-25(24)28-31-33-34-32-28/h8-9,13-18,21,29H,4-7,10-12,19-20H2,1-3H3,(H,31,32,33,34). The number of H-pyrrole nitrogens is 1. The Labute approximate surface area is 229 Å². The quantitative estimate of drug-likeness (QED) is 0.262. The molecule has 0 atom stereocenters. The van der Waals surface area contributed by atoms with E-state index in [4.69, 9.17) is 9.47 Å². The van der Waals surface area contributed by atoms with Gasteiger partial charge in [0.2, 0.25) is 0 Å². The number of nitrogens with one attached hydrogen (secondary N) is 1. The van der Waals surface area contributed by atoms with Crippen LogP contribution in [0.5, 0.6) is 0 Å². The lowest BCUT2D eigenvalue weighted by Gasteiger charge is -2.24. The molecule has 0 bridgehead atoms. The molecule has 1 saturated carbocycles. The lowest BCUT2D eigenvalue weighted by atomic mass is 9.89. The van der Waals surface area contributed by atoms with Gasteiger partial charge in [-0.15, -0.1) is 5.10 Å². The highest BCUT2D eigenvalue weighted by Gasteiger charge is 2.28. The number of aromatic amines is 1. The molecule has 2 aromatic carbocycles.